The van der Waals surface area contributed by atoms with Crippen LogP contribution in [0.5, 0.6) is 5.88 Å². The van der Waals surface area contributed by atoms with Gasteiger partial charge in [0, 0.05) is 50.0 Å². The lowest BCUT2D eigenvalue weighted by Gasteiger charge is -2.35. The molecule has 2 aliphatic rings. The molecule has 12 heteroatoms. The fourth-order valence-corrected chi connectivity index (χ4v) is 4.94. The van der Waals surface area contributed by atoms with Crippen LogP contribution < -0.4 is 9.64 Å². The highest BCUT2D eigenvalue weighted by Crippen LogP contribution is 2.24. The van der Waals surface area contributed by atoms with Gasteiger partial charge in [-0.3, -0.25) is 4.79 Å². The maximum Gasteiger partial charge on any atom is 0.244 e. The fraction of sp³-hybridized carbons (Fsp3) is 0.345. The summed E-state index contributed by atoms with van der Waals surface area (Å²) in [4.78, 5) is 30.4. The molecular formula is C29H29F2N7O3. The Morgan fingerprint density at radius 3 is 2.34 bits per heavy atom. The molecule has 41 heavy (non-hydrogen) atoms. The van der Waals surface area contributed by atoms with Gasteiger partial charge in [0.15, 0.2) is 11.6 Å². The van der Waals surface area contributed by atoms with E-state index < -0.39 is 0 Å². The molecule has 0 spiro atoms. The van der Waals surface area contributed by atoms with Crippen LogP contribution in [0.1, 0.15) is 12.8 Å². The molecule has 10 nitrogen and oxygen atoms in total. The third-order valence-electron chi connectivity index (χ3n) is 7.19. The molecule has 4 aromatic rings. The number of carbonyl (C=O) groups is 1. The summed E-state index contributed by atoms with van der Waals surface area (Å²) in [5.74, 6) is 1.15. The summed E-state index contributed by atoms with van der Waals surface area (Å²) in [7, 11) is 0. The van der Waals surface area contributed by atoms with Gasteiger partial charge in [0.2, 0.25) is 11.8 Å². The molecule has 2 aromatic heterocycles. The van der Waals surface area contributed by atoms with E-state index in [1.54, 1.807) is 29.2 Å². The number of halogens is 2. The van der Waals surface area contributed by atoms with Crippen LogP contribution in [-0.4, -0.2) is 81.0 Å². The first-order valence-electron chi connectivity index (χ1n) is 13.6. The number of ether oxygens (including phenoxy) is 2. The lowest BCUT2D eigenvalue weighted by molar-refractivity contribution is -0.132. The van der Waals surface area contributed by atoms with E-state index in [-0.39, 0.29) is 30.2 Å². The summed E-state index contributed by atoms with van der Waals surface area (Å²) in [5, 5.41) is 4.55. The summed E-state index contributed by atoms with van der Waals surface area (Å²) in [6, 6.07) is 13.5. The van der Waals surface area contributed by atoms with E-state index in [0.717, 1.165) is 25.3 Å². The Hall–Kier alpha value is -4.45. The van der Waals surface area contributed by atoms with Gasteiger partial charge >= 0.3 is 0 Å². The van der Waals surface area contributed by atoms with Gasteiger partial charge in [-0.15, -0.1) is 5.10 Å². The highest BCUT2D eigenvalue weighted by Gasteiger charge is 2.25. The van der Waals surface area contributed by atoms with Gasteiger partial charge in [0.05, 0.1) is 6.10 Å². The zero-order valence-electron chi connectivity index (χ0n) is 22.3. The monoisotopic (exact) mass is 561 g/mol. The Morgan fingerprint density at radius 1 is 0.951 bits per heavy atom. The molecule has 0 N–H and O–H groups in total. The van der Waals surface area contributed by atoms with E-state index in [2.05, 4.69) is 25.0 Å². The molecule has 0 saturated carbocycles. The smallest absolute Gasteiger partial charge is 0.244 e. The molecule has 0 bridgehead atoms. The van der Waals surface area contributed by atoms with Crippen LogP contribution in [-0.2, 0) is 16.1 Å². The molecule has 2 aromatic carbocycles. The van der Waals surface area contributed by atoms with E-state index in [9.17, 15) is 13.6 Å². The number of anilines is 1. The number of rotatable bonds is 8. The van der Waals surface area contributed by atoms with E-state index in [0.29, 0.717) is 61.4 Å². The normalized spacial score (nSPS) is 17.2. The lowest BCUT2D eigenvalue weighted by atomic mass is 10.2. The van der Waals surface area contributed by atoms with Gasteiger partial charge < -0.3 is 19.3 Å². The van der Waals surface area contributed by atoms with Crippen molar-refractivity contribution >= 4 is 11.7 Å². The standard InChI is InChI=1S/C29H29F2N7O3/c30-22-7-3-20(4-8-22)28-34-29(21-5-9-23(31)10-6-21)38(35-28)17-27(39)37-13-11-36(12-14-37)25-16-26(33-19-32-25)41-18-24-2-1-15-40-24/h3-10,16,19,24H,1-2,11-15,17-18H2. The van der Waals surface area contributed by atoms with E-state index in [1.807, 2.05) is 6.07 Å². The minimum Gasteiger partial charge on any atom is -0.475 e. The van der Waals surface area contributed by atoms with Crippen LogP contribution >= 0.6 is 0 Å². The van der Waals surface area contributed by atoms with Crippen molar-refractivity contribution in [1.29, 1.82) is 0 Å². The summed E-state index contributed by atoms with van der Waals surface area (Å²) < 4.78 is 40.0. The molecule has 2 fully saturated rings. The first kappa shape index (κ1) is 26.8. The van der Waals surface area contributed by atoms with Crippen molar-refractivity contribution in [2.75, 3.05) is 44.3 Å². The van der Waals surface area contributed by atoms with Gasteiger partial charge in [0.1, 0.15) is 36.9 Å². The molecule has 4 heterocycles. The maximum absolute atomic E-state index is 13.6. The quantitative estimate of drug-likeness (QED) is 0.322. The molecule has 1 atom stereocenters. The molecule has 212 valence electrons. The Morgan fingerprint density at radius 2 is 1.66 bits per heavy atom. The Balaban J connectivity index is 1.12. The van der Waals surface area contributed by atoms with Gasteiger partial charge in [0.25, 0.3) is 0 Å². The van der Waals surface area contributed by atoms with Gasteiger partial charge in [-0.2, -0.15) is 0 Å². The van der Waals surface area contributed by atoms with Gasteiger partial charge in [-0.05, 0) is 61.4 Å². The van der Waals surface area contributed by atoms with Gasteiger partial charge in [-0.25, -0.2) is 28.4 Å². The van der Waals surface area contributed by atoms with Crippen molar-refractivity contribution in [3.63, 3.8) is 0 Å². The number of piperazine rings is 1. The van der Waals surface area contributed by atoms with E-state index >= 15 is 0 Å². The largest absolute Gasteiger partial charge is 0.475 e. The number of carbonyl (C=O) groups excluding carboxylic acids is 1. The highest BCUT2D eigenvalue weighted by atomic mass is 19.1. The second-order valence-corrected chi connectivity index (χ2v) is 9.96. The predicted octanol–water partition coefficient (Wildman–Crippen LogP) is 3.59. The molecule has 2 aliphatic heterocycles. The Labute approximate surface area is 235 Å². The van der Waals surface area contributed by atoms with Crippen molar-refractivity contribution in [1.82, 2.24) is 29.6 Å². The molecule has 1 unspecified atom stereocenters. The first-order chi connectivity index (χ1) is 20.0. The van der Waals surface area contributed by atoms with Crippen LogP contribution in [0.2, 0.25) is 0 Å². The molecule has 2 saturated heterocycles. The molecule has 6 rings (SSSR count). The number of aromatic nitrogens is 5. The second kappa shape index (κ2) is 12.0. The van der Waals surface area contributed by atoms with Crippen LogP contribution in [0.3, 0.4) is 0 Å². The van der Waals surface area contributed by atoms with Crippen molar-refractivity contribution in [2.24, 2.45) is 0 Å². The number of hydrogen-bond donors (Lipinski definition) is 0. The maximum atomic E-state index is 13.6. The topological polar surface area (TPSA) is 98.5 Å². The van der Waals surface area contributed by atoms with Crippen LogP contribution in [0, 0.1) is 11.6 Å². The Kier molecular flexibility index (Phi) is 7.81. The lowest BCUT2D eigenvalue weighted by Crippen LogP contribution is -2.50. The zero-order chi connectivity index (χ0) is 28.2. The van der Waals surface area contributed by atoms with Gasteiger partial charge in [-0.1, -0.05) is 0 Å². The van der Waals surface area contributed by atoms with Crippen LogP contribution in [0.15, 0.2) is 60.9 Å². The molecule has 1 amide bonds. The second-order valence-electron chi connectivity index (χ2n) is 9.96. The van der Waals surface area contributed by atoms with E-state index in [1.165, 1.54) is 35.3 Å². The van der Waals surface area contributed by atoms with Crippen molar-refractivity contribution in [2.45, 2.75) is 25.5 Å². The average molecular weight is 562 g/mol. The Bertz CT molecular complexity index is 1480. The predicted molar refractivity (Wildman–Crippen MR) is 146 cm³/mol. The summed E-state index contributed by atoms with van der Waals surface area (Å²) in [6.45, 7) is 3.37. The van der Waals surface area contributed by atoms with Crippen molar-refractivity contribution < 1.29 is 23.0 Å². The highest BCUT2D eigenvalue weighted by molar-refractivity contribution is 5.77. The number of hydrogen-bond acceptors (Lipinski definition) is 8. The molecule has 0 aliphatic carbocycles. The minimum atomic E-state index is -0.377. The van der Waals surface area contributed by atoms with Crippen molar-refractivity contribution in [3.8, 4) is 28.7 Å². The number of nitrogens with zero attached hydrogens (tertiary/aromatic N) is 7. The van der Waals surface area contributed by atoms with Crippen LogP contribution in [0.4, 0.5) is 14.6 Å². The fourth-order valence-electron chi connectivity index (χ4n) is 4.94. The first-order valence-corrected chi connectivity index (χ1v) is 13.6. The number of benzene rings is 2. The van der Waals surface area contributed by atoms with Crippen molar-refractivity contribution in [3.05, 3.63) is 72.6 Å². The summed E-state index contributed by atoms with van der Waals surface area (Å²) in [5.41, 5.74) is 1.23. The minimum absolute atomic E-state index is 0.0460. The zero-order valence-corrected chi connectivity index (χ0v) is 22.3. The summed E-state index contributed by atoms with van der Waals surface area (Å²) >= 11 is 0. The third-order valence-corrected chi connectivity index (χ3v) is 7.19. The SMILES string of the molecule is O=C(Cn1nc(-c2ccc(F)cc2)nc1-c1ccc(F)cc1)N1CCN(c2cc(OCC3CCCO3)ncn2)CC1. The molecular weight excluding hydrogens is 532 g/mol. The number of amides is 1. The average Bonchev–Trinajstić information content (AvgIpc) is 3.68. The molecule has 0 radical (unpaired) electrons. The third kappa shape index (κ3) is 6.32. The van der Waals surface area contributed by atoms with Crippen LogP contribution in [0.25, 0.3) is 22.8 Å². The summed E-state index contributed by atoms with van der Waals surface area (Å²) in [6.07, 6.45) is 3.62. The van der Waals surface area contributed by atoms with E-state index in [4.69, 9.17) is 9.47 Å².